The lowest BCUT2D eigenvalue weighted by molar-refractivity contribution is -0.123. The number of aromatic nitrogens is 1. The SMILES string of the molecule is Cc1cc(NC(=O)[C@@H](C)O)ccn1. The van der Waals surface area contributed by atoms with E-state index in [1.807, 2.05) is 6.92 Å². The zero-order valence-corrected chi connectivity index (χ0v) is 7.61. The molecule has 0 radical (unpaired) electrons. The molecular formula is C9H12N2O2. The molecule has 0 saturated heterocycles. The maximum Gasteiger partial charge on any atom is 0.252 e. The molecule has 0 saturated carbocycles. The van der Waals surface area contributed by atoms with E-state index in [9.17, 15) is 4.79 Å². The van der Waals surface area contributed by atoms with Gasteiger partial charge in [0.1, 0.15) is 6.10 Å². The lowest BCUT2D eigenvalue weighted by Gasteiger charge is -2.06. The fourth-order valence-electron chi connectivity index (χ4n) is 0.870. The van der Waals surface area contributed by atoms with Gasteiger partial charge in [0.25, 0.3) is 5.91 Å². The van der Waals surface area contributed by atoms with Gasteiger partial charge in [0.15, 0.2) is 0 Å². The van der Waals surface area contributed by atoms with Crippen LogP contribution in [0.4, 0.5) is 5.69 Å². The quantitative estimate of drug-likeness (QED) is 0.704. The molecular weight excluding hydrogens is 168 g/mol. The summed E-state index contributed by atoms with van der Waals surface area (Å²) in [6.45, 7) is 3.25. The number of amides is 1. The number of anilines is 1. The van der Waals surface area contributed by atoms with Gasteiger partial charge in [0.2, 0.25) is 0 Å². The van der Waals surface area contributed by atoms with Crippen molar-refractivity contribution in [1.29, 1.82) is 0 Å². The number of aliphatic hydroxyl groups is 1. The topological polar surface area (TPSA) is 62.2 Å². The minimum absolute atomic E-state index is 0.411. The van der Waals surface area contributed by atoms with E-state index in [0.717, 1.165) is 5.69 Å². The Balaban J connectivity index is 2.69. The van der Waals surface area contributed by atoms with Gasteiger partial charge in [0, 0.05) is 17.6 Å². The molecule has 0 aliphatic heterocycles. The standard InChI is InChI=1S/C9H12N2O2/c1-6-5-8(3-4-10-6)11-9(13)7(2)12/h3-5,7,12H,1-2H3,(H,10,11,13)/t7-/m1/s1. The Morgan fingerprint density at radius 2 is 2.38 bits per heavy atom. The van der Waals surface area contributed by atoms with Gasteiger partial charge in [-0.25, -0.2) is 0 Å². The summed E-state index contributed by atoms with van der Waals surface area (Å²) in [5, 5.41) is 11.5. The number of hydrogen-bond acceptors (Lipinski definition) is 3. The molecule has 0 fully saturated rings. The third-order valence-corrected chi connectivity index (χ3v) is 1.54. The highest BCUT2D eigenvalue weighted by Gasteiger charge is 2.08. The number of nitrogens with one attached hydrogen (secondary N) is 1. The van der Waals surface area contributed by atoms with Crippen molar-refractivity contribution in [3.8, 4) is 0 Å². The van der Waals surface area contributed by atoms with Crippen LogP contribution < -0.4 is 5.32 Å². The van der Waals surface area contributed by atoms with Crippen molar-refractivity contribution in [3.63, 3.8) is 0 Å². The average molecular weight is 180 g/mol. The molecule has 4 nitrogen and oxygen atoms in total. The Labute approximate surface area is 76.6 Å². The number of nitrogens with zero attached hydrogens (tertiary/aromatic N) is 1. The number of carbonyl (C=O) groups excluding carboxylic acids is 1. The van der Waals surface area contributed by atoms with Gasteiger partial charge in [0.05, 0.1) is 0 Å². The van der Waals surface area contributed by atoms with Crippen LogP contribution in [-0.2, 0) is 4.79 Å². The fraction of sp³-hybridized carbons (Fsp3) is 0.333. The Kier molecular flexibility index (Phi) is 2.97. The van der Waals surface area contributed by atoms with Gasteiger partial charge in [-0.2, -0.15) is 0 Å². The second-order valence-corrected chi connectivity index (χ2v) is 2.85. The summed E-state index contributed by atoms with van der Waals surface area (Å²) in [6, 6.07) is 3.41. The Hall–Kier alpha value is -1.42. The molecule has 1 heterocycles. The van der Waals surface area contributed by atoms with E-state index >= 15 is 0 Å². The van der Waals surface area contributed by atoms with Crippen LogP contribution in [0, 0.1) is 6.92 Å². The number of aliphatic hydroxyl groups excluding tert-OH is 1. The first-order valence-corrected chi connectivity index (χ1v) is 4.01. The second kappa shape index (κ2) is 4.00. The monoisotopic (exact) mass is 180 g/mol. The van der Waals surface area contributed by atoms with Crippen LogP contribution in [0.25, 0.3) is 0 Å². The Morgan fingerprint density at radius 3 is 2.92 bits per heavy atom. The first-order valence-electron chi connectivity index (χ1n) is 4.01. The molecule has 2 N–H and O–H groups in total. The molecule has 0 aromatic carbocycles. The van der Waals surface area contributed by atoms with Crippen molar-refractivity contribution in [3.05, 3.63) is 24.0 Å². The van der Waals surface area contributed by atoms with E-state index in [1.165, 1.54) is 6.92 Å². The van der Waals surface area contributed by atoms with Gasteiger partial charge >= 0.3 is 0 Å². The van der Waals surface area contributed by atoms with Crippen molar-refractivity contribution in [2.45, 2.75) is 20.0 Å². The number of hydrogen-bond donors (Lipinski definition) is 2. The molecule has 1 aromatic heterocycles. The zero-order chi connectivity index (χ0) is 9.84. The summed E-state index contributed by atoms with van der Waals surface area (Å²) in [5.41, 5.74) is 1.47. The molecule has 4 heteroatoms. The van der Waals surface area contributed by atoms with Gasteiger partial charge in [-0.3, -0.25) is 9.78 Å². The van der Waals surface area contributed by atoms with Crippen molar-refractivity contribution in [2.24, 2.45) is 0 Å². The lowest BCUT2D eigenvalue weighted by atomic mass is 10.3. The molecule has 0 aliphatic carbocycles. The van der Waals surface area contributed by atoms with E-state index in [-0.39, 0.29) is 0 Å². The summed E-state index contributed by atoms with van der Waals surface area (Å²) < 4.78 is 0. The van der Waals surface area contributed by atoms with Crippen LogP contribution in [-0.4, -0.2) is 22.1 Å². The zero-order valence-electron chi connectivity index (χ0n) is 7.61. The van der Waals surface area contributed by atoms with E-state index in [1.54, 1.807) is 18.3 Å². The molecule has 0 spiro atoms. The number of aryl methyl sites for hydroxylation is 1. The molecule has 1 rings (SSSR count). The first kappa shape index (κ1) is 9.67. The van der Waals surface area contributed by atoms with Crippen molar-refractivity contribution >= 4 is 11.6 Å². The predicted octanol–water partition coefficient (Wildman–Crippen LogP) is 0.709. The van der Waals surface area contributed by atoms with Gasteiger partial charge < -0.3 is 10.4 Å². The largest absolute Gasteiger partial charge is 0.384 e. The minimum atomic E-state index is -0.992. The predicted molar refractivity (Wildman–Crippen MR) is 49.3 cm³/mol. The highest BCUT2D eigenvalue weighted by Crippen LogP contribution is 2.07. The van der Waals surface area contributed by atoms with Crippen LogP contribution in [0.1, 0.15) is 12.6 Å². The van der Waals surface area contributed by atoms with Gasteiger partial charge in [-0.1, -0.05) is 0 Å². The summed E-state index contributed by atoms with van der Waals surface area (Å²) in [6.07, 6.45) is 0.612. The van der Waals surface area contributed by atoms with E-state index in [4.69, 9.17) is 5.11 Å². The Bertz CT molecular complexity index is 310. The lowest BCUT2D eigenvalue weighted by Crippen LogP contribution is -2.24. The molecule has 0 bridgehead atoms. The highest BCUT2D eigenvalue weighted by molar-refractivity contribution is 5.93. The molecule has 1 amide bonds. The molecule has 1 aromatic rings. The van der Waals surface area contributed by atoms with Crippen molar-refractivity contribution in [2.75, 3.05) is 5.32 Å². The average Bonchev–Trinajstić information content (AvgIpc) is 2.04. The second-order valence-electron chi connectivity index (χ2n) is 2.85. The van der Waals surface area contributed by atoms with Crippen LogP contribution in [0.3, 0.4) is 0 Å². The van der Waals surface area contributed by atoms with Crippen LogP contribution in [0.15, 0.2) is 18.3 Å². The highest BCUT2D eigenvalue weighted by atomic mass is 16.3. The fourth-order valence-corrected chi connectivity index (χ4v) is 0.870. The summed E-state index contributed by atoms with van der Waals surface area (Å²) >= 11 is 0. The van der Waals surface area contributed by atoms with E-state index in [2.05, 4.69) is 10.3 Å². The minimum Gasteiger partial charge on any atom is -0.384 e. The van der Waals surface area contributed by atoms with Crippen LogP contribution in [0.5, 0.6) is 0 Å². The third kappa shape index (κ3) is 2.83. The number of rotatable bonds is 2. The summed E-state index contributed by atoms with van der Waals surface area (Å²) in [4.78, 5) is 15.0. The normalized spacial score (nSPS) is 12.2. The molecule has 13 heavy (non-hydrogen) atoms. The molecule has 70 valence electrons. The van der Waals surface area contributed by atoms with E-state index < -0.39 is 12.0 Å². The smallest absolute Gasteiger partial charge is 0.252 e. The molecule has 1 atom stereocenters. The molecule has 0 unspecified atom stereocenters. The van der Waals surface area contributed by atoms with Crippen LogP contribution >= 0.6 is 0 Å². The third-order valence-electron chi connectivity index (χ3n) is 1.54. The first-order chi connectivity index (χ1) is 6.09. The number of pyridine rings is 1. The van der Waals surface area contributed by atoms with Gasteiger partial charge in [-0.15, -0.1) is 0 Å². The number of carbonyl (C=O) groups is 1. The summed E-state index contributed by atoms with van der Waals surface area (Å²) in [5.74, 6) is -0.411. The van der Waals surface area contributed by atoms with Gasteiger partial charge in [-0.05, 0) is 26.0 Å². The Morgan fingerprint density at radius 1 is 1.69 bits per heavy atom. The van der Waals surface area contributed by atoms with E-state index in [0.29, 0.717) is 5.69 Å². The van der Waals surface area contributed by atoms with Crippen LogP contribution in [0.2, 0.25) is 0 Å². The van der Waals surface area contributed by atoms with Crippen molar-refractivity contribution in [1.82, 2.24) is 4.98 Å². The van der Waals surface area contributed by atoms with Crippen molar-refractivity contribution < 1.29 is 9.90 Å². The molecule has 0 aliphatic rings. The summed E-state index contributed by atoms with van der Waals surface area (Å²) in [7, 11) is 0. The maximum atomic E-state index is 11.0. The maximum absolute atomic E-state index is 11.0.